The Bertz CT molecular complexity index is 1030. The maximum atomic E-state index is 7.50. The van der Waals surface area contributed by atoms with Crippen LogP contribution in [0.2, 0.25) is 0 Å². The van der Waals surface area contributed by atoms with Crippen molar-refractivity contribution in [2.45, 2.75) is 0 Å². The van der Waals surface area contributed by atoms with E-state index in [1.165, 1.54) is 27.1 Å². The van der Waals surface area contributed by atoms with Crippen molar-refractivity contribution in [2.24, 2.45) is 0 Å². The summed E-state index contributed by atoms with van der Waals surface area (Å²) in [6.07, 6.45) is 0. The first-order chi connectivity index (χ1) is 20.8. The summed E-state index contributed by atoms with van der Waals surface area (Å²) in [6, 6.07) is 44.1. The molecule has 0 aliphatic carbocycles. The van der Waals surface area contributed by atoms with E-state index in [-0.39, 0.29) is 17.1 Å². The molecule has 6 nitrogen and oxygen atoms in total. The van der Waals surface area contributed by atoms with E-state index in [4.69, 9.17) is 27.2 Å². The third-order valence-corrected chi connectivity index (χ3v) is 12.0. The van der Waals surface area contributed by atoms with Crippen LogP contribution >= 0.6 is 26.0 Å². The second kappa shape index (κ2) is 33.3. The molecule has 43 heavy (non-hydrogen) atoms. The van der Waals surface area contributed by atoms with Crippen LogP contribution in [0.5, 0.6) is 0 Å². The van der Waals surface area contributed by atoms with Gasteiger partial charge in [0.25, 0.3) is 0 Å². The normalized spacial score (nSPS) is 8.91. The Morgan fingerprint density at radius 2 is 0.698 bits per heavy atom. The maximum absolute atomic E-state index is 7.50. The quantitative estimate of drug-likeness (QED) is 0.0957. The van der Waals surface area contributed by atoms with Gasteiger partial charge in [0, 0.05) is 44.3 Å². The number of rotatable bonds is 9. The Morgan fingerprint density at radius 1 is 0.512 bits per heavy atom. The van der Waals surface area contributed by atoms with Crippen LogP contribution in [-0.2, 0) is 58.9 Å². The second-order valence-corrected chi connectivity index (χ2v) is 13.8. The molecule has 12 heteroatoms. The first kappa shape index (κ1) is 45.8. The molecule has 0 aromatic heterocycles. The van der Waals surface area contributed by atoms with Crippen molar-refractivity contribution >= 4 is 56.8 Å². The van der Waals surface area contributed by atoms with Gasteiger partial charge in [0.15, 0.2) is 0 Å². The summed E-state index contributed by atoms with van der Waals surface area (Å²) in [7, 11) is 6.75. The van der Waals surface area contributed by atoms with E-state index in [0.29, 0.717) is 0 Å². The van der Waals surface area contributed by atoms with E-state index in [9.17, 15) is 0 Å². The van der Waals surface area contributed by atoms with Crippen molar-refractivity contribution in [1.29, 1.82) is 0 Å². The molecule has 0 unspecified atom stereocenters. The van der Waals surface area contributed by atoms with Crippen LogP contribution < -0.4 is 21.2 Å². The van der Waals surface area contributed by atoms with Crippen LogP contribution in [-0.4, -0.2) is 36.8 Å². The van der Waals surface area contributed by atoms with Gasteiger partial charge in [-0.2, -0.15) is 0 Å². The van der Waals surface area contributed by atoms with Gasteiger partial charge in [-0.05, 0) is 37.1 Å². The van der Waals surface area contributed by atoms with Gasteiger partial charge in [-0.25, -0.2) is 0 Å². The van der Waals surface area contributed by atoms with Crippen molar-refractivity contribution in [1.82, 2.24) is 0 Å². The molecule has 0 fully saturated rings. The fourth-order valence-corrected chi connectivity index (χ4v) is 10.4. The average molecular weight is 740 g/mol. The number of benzene rings is 4. The van der Waals surface area contributed by atoms with Gasteiger partial charge in [0.1, 0.15) is 0 Å². The summed E-state index contributed by atoms with van der Waals surface area (Å²) in [4.78, 5) is 0. The van der Waals surface area contributed by atoms with Crippen LogP contribution in [0.25, 0.3) is 0 Å². The molecule has 4 rings (SSSR count). The average Bonchev–Trinajstić information content (AvgIpc) is 3.11. The van der Waals surface area contributed by atoms with E-state index in [0.717, 1.165) is 0 Å². The Balaban J connectivity index is -0.000000856. The zero-order valence-corrected chi connectivity index (χ0v) is 29.3. The minimum atomic E-state index is -1.36. The summed E-state index contributed by atoms with van der Waals surface area (Å²) < 4.78 is 36.6. The third kappa shape index (κ3) is 18.7. The van der Waals surface area contributed by atoms with Gasteiger partial charge in [0.2, 0.25) is 0 Å². The van der Waals surface area contributed by atoms with Gasteiger partial charge in [-0.1, -0.05) is 121 Å². The van der Waals surface area contributed by atoms with Crippen molar-refractivity contribution in [3.63, 3.8) is 0 Å². The summed E-state index contributed by atoms with van der Waals surface area (Å²) in [5.74, 6) is 1.17. The Labute approximate surface area is 282 Å². The number of hydrogen-bond donors (Lipinski definition) is 0. The molecule has 0 aliphatic rings. The predicted molar refractivity (Wildman–Crippen MR) is 167 cm³/mol. The van der Waals surface area contributed by atoms with E-state index in [1.54, 1.807) is 21.3 Å². The molecule has 4 aromatic rings. The third-order valence-electron chi connectivity index (χ3n) is 5.05. The first-order valence-corrected chi connectivity index (χ1v) is 17.4. The molecule has 230 valence electrons. The summed E-state index contributed by atoms with van der Waals surface area (Å²) >= 11 is 3.35. The van der Waals surface area contributed by atoms with Crippen LogP contribution in [0.15, 0.2) is 121 Å². The zero-order valence-electron chi connectivity index (χ0n) is 23.6. The van der Waals surface area contributed by atoms with E-state index in [2.05, 4.69) is 166 Å². The summed E-state index contributed by atoms with van der Waals surface area (Å²) in [6.45, 7) is 13.5. The predicted octanol–water partition coefficient (Wildman–Crippen LogP) is 5.69. The molecular formula is C31H31ClFeNiO6P2Si. The smallest absolute Gasteiger partial charge is 0.00405 e. The van der Waals surface area contributed by atoms with Gasteiger partial charge >= 0.3 is 68.2 Å². The number of halogens is 1. The van der Waals surface area contributed by atoms with Crippen molar-refractivity contribution in [3.05, 3.63) is 141 Å². The van der Waals surface area contributed by atoms with Crippen molar-refractivity contribution in [3.8, 4) is 0 Å². The van der Waals surface area contributed by atoms with E-state index in [1.807, 2.05) is 0 Å². The molecule has 0 bridgehead atoms. The molecule has 0 amide bonds. The molecule has 4 aromatic carbocycles. The molecular weight excluding hydrogens is 708 g/mol. The largest absolute Gasteiger partial charge is 0.0622 e. The fraction of sp³-hybridized carbons (Fsp3) is 0.129. The van der Waals surface area contributed by atoms with Gasteiger partial charge in [-0.15, -0.1) is 0 Å². The van der Waals surface area contributed by atoms with Gasteiger partial charge in [-0.3, -0.25) is 0 Å². The van der Waals surface area contributed by atoms with Crippen molar-refractivity contribution in [2.75, 3.05) is 27.2 Å². The number of hydrogen-bond acceptors (Lipinski definition) is 3. The molecule has 0 saturated heterocycles. The Kier molecular flexibility index (Phi) is 35.4. The van der Waals surface area contributed by atoms with Crippen LogP contribution in [0, 0.1) is 20.0 Å². The Hall–Kier alpha value is -1.64. The van der Waals surface area contributed by atoms with Crippen molar-refractivity contribution < 1.29 is 58.9 Å². The molecule has 1 radical (unpaired) electrons. The summed E-state index contributed by atoms with van der Waals surface area (Å²) in [5, 5.41) is 5.83. The molecule has 0 heterocycles. The second-order valence-electron chi connectivity index (χ2n) is 7.20. The van der Waals surface area contributed by atoms with E-state index < -0.39 is 25.4 Å². The fourth-order valence-electron chi connectivity index (χ4n) is 3.45. The monoisotopic (exact) mass is 738 g/mol. The molecule has 0 N–H and O–H groups in total. The van der Waals surface area contributed by atoms with Gasteiger partial charge < -0.3 is 13.3 Å². The molecule has 0 saturated carbocycles. The molecule has 0 aliphatic heterocycles. The molecule has 0 atom stereocenters. The zero-order chi connectivity index (χ0) is 32.0. The summed E-state index contributed by atoms with van der Waals surface area (Å²) in [5.41, 5.74) is 0. The first-order valence-electron chi connectivity index (χ1n) is 11.7. The van der Waals surface area contributed by atoms with Crippen LogP contribution in [0.3, 0.4) is 0 Å². The Morgan fingerprint density at radius 3 is 0.837 bits per heavy atom. The molecule has 0 spiro atoms. The minimum Gasteiger partial charge on any atom is -0.0622 e. The SMILES string of the molecule is CO[Si](OC)OC.[C-]#[O+].[C-]#[O+].[C-]#[O+].[Cl][Ni].[Fe].c1ccc(P(CP(c2ccccc2)c2ccccc2)c2ccccc2)cc1. The van der Waals surface area contributed by atoms with Crippen LogP contribution in [0.1, 0.15) is 0 Å². The van der Waals surface area contributed by atoms with Gasteiger partial charge in [0.05, 0.1) is 0 Å². The van der Waals surface area contributed by atoms with E-state index >= 15 is 0 Å². The maximum Gasteiger partial charge on any atom is 0.00405 e. The van der Waals surface area contributed by atoms with Crippen LogP contribution in [0.4, 0.5) is 0 Å². The topological polar surface area (TPSA) is 87.4 Å². The standard InChI is InChI=1S/C25H22P2.C3H9O3Si.3CO.ClH.Fe.Ni/c1-5-13-22(14-6-1)26(23-15-7-2-8-16-23)21-27(24-17-9-3-10-18-24)25-19-11-4-12-20-25;1-4-7(5-2)6-3;3*1-2;;;/h1-20H,21H2;1-3H3;;;;1H;;/q;;;;;;;+1/p-1. The minimum absolute atomic E-state index is 0.